The molecule has 1 saturated carbocycles. The van der Waals surface area contributed by atoms with Crippen LogP contribution < -0.4 is 0 Å². The first-order valence-corrected chi connectivity index (χ1v) is 6.25. The number of ether oxygens (including phenoxy) is 2. The minimum atomic E-state index is -0.251. The third kappa shape index (κ3) is 1.87. The lowest BCUT2D eigenvalue weighted by Crippen LogP contribution is -2.32. The second kappa shape index (κ2) is 4.19. The van der Waals surface area contributed by atoms with Gasteiger partial charge >= 0.3 is 0 Å². The van der Waals surface area contributed by atoms with Gasteiger partial charge in [0, 0.05) is 12.8 Å². The highest BCUT2D eigenvalue weighted by molar-refractivity contribution is 5.18. The Labute approximate surface area is 96.6 Å². The molecule has 1 aromatic carbocycles. The zero-order chi connectivity index (χ0) is 10.8. The molecule has 3 rings (SSSR count). The molecule has 1 spiro atoms. The van der Waals surface area contributed by atoms with Crippen LogP contribution in [0.5, 0.6) is 0 Å². The third-order valence-corrected chi connectivity index (χ3v) is 3.64. The Hall–Kier alpha value is -0.860. The van der Waals surface area contributed by atoms with Crippen molar-refractivity contribution >= 4 is 0 Å². The average molecular weight is 218 g/mol. The van der Waals surface area contributed by atoms with E-state index >= 15 is 0 Å². The van der Waals surface area contributed by atoms with Crippen LogP contribution in [-0.4, -0.2) is 12.4 Å². The smallest absolute Gasteiger partial charge is 0.169 e. The van der Waals surface area contributed by atoms with Crippen LogP contribution in [0, 0.1) is 0 Å². The fraction of sp³-hybridized carbons (Fsp3) is 0.571. The zero-order valence-electron chi connectivity index (χ0n) is 9.52. The first-order chi connectivity index (χ1) is 7.88. The molecule has 0 radical (unpaired) electrons. The molecule has 1 aliphatic heterocycles. The lowest BCUT2D eigenvalue weighted by molar-refractivity contribution is -0.187. The molecule has 2 nitrogen and oxygen atoms in total. The summed E-state index contributed by atoms with van der Waals surface area (Å²) in [4.78, 5) is 0. The second-order valence-electron chi connectivity index (χ2n) is 4.80. The van der Waals surface area contributed by atoms with E-state index in [-0.39, 0.29) is 11.9 Å². The van der Waals surface area contributed by atoms with Crippen LogP contribution in [0.15, 0.2) is 30.3 Å². The predicted octanol–water partition coefficient (Wildman–Crippen LogP) is 3.43. The van der Waals surface area contributed by atoms with Crippen molar-refractivity contribution in [2.75, 3.05) is 6.61 Å². The molecule has 0 bridgehead atoms. The van der Waals surface area contributed by atoms with E-state index in [0.29, 0.717) is 6.61 Å². The summed E-state index contributed by atoms with van der Waals surface area (Å²) < 4.78 is 12.1. The van der Waals surface area contributed by atoms with Crippen LogP contribution in [-0.2, 0) is 9.47 Å². The number of hydrogen-bond acceptors (Lipinski definition) is 2. The van der Waals surface area contributed by atoms with E-state index in [1.165, 1.54) is 24.8 Å². The summed E-state index contributed by atoms with van der Waals surface area (Å²) in [7, 11) is 0. The lowest BCUT2D eigenvalue weighted by Gasteiger charge is -2.31. The zero-order valence-corrected chi connectivity index (χ0v) is 9.52. The van der Waals surface area contributed by atoms with Crippen molar-refractivity contribution in [3.8, 4) is 0 Å². The molecule has 2 fully saturated rings. The third-order valence-electron chi connectivity index (χ3n) is 3.64. The molecule has 0 aromatic heterocycles. The molecule has 86 valence electrons. The highest BCUT2D eigenvalue weighted by Gasteiger charge is 2.42. The molecule has 2 heteroatoms. The number of benzene rings is 1. The van der Waals surface area contributed by atoms with Gasteiger partial charge in [-0.1, -0.05) is 36.8 Å². The van der Waals surface area contributed by atoms with Crippen molar-refractivity contribution in [2.45, 2.75) is 44.0 Å². The molecule has 0 N–H and O–H groups in total. The molecule has 2 aliphatic rings. The molecule has 1 aromatic rings. The lowest BCUT2D eigenvalue weighted by atomic mass is 9.94. The maximum atomic E-state index is 6.15. The maximum absolute atomic E-state index is 6.15. The Morgan fingerprint density at radius 3 is 2.50 bits per heavy atom. The van der Waals surface area contributed by atoms with Crippen LogP contribution in [0.2, 0.25) is 0 Å². The van der Waals surface area contributed by atoms with Crippen LogP contribution in [0.1, 0.15) is 43.8 Å². The Morgan fingerprint density at radius 1 is 1.00 bits per heavy atom. The van der Waals surface area contributed by atoms with Crippen molar-refractivity contribution in [3.63, 3.8) is 0 Å². The molecular weight excluding hydrogens is 200 g/mol. The van der Waals surface area contributed by atoms with Gasteiger partial charge in [0.05, 0.1) is 6.61 Å². The van der Waals surface area contributed by atoms with Gasteiger partial charge < -0.3 is 9.47 Å². The standard InChI is InChI=1S/C14H18O2/c1-3-7-12(8-4-1)13-11-15-14(16-13)9-5-2-6-10-14/h1,3-4,7-8,13H,2,5-6,9-11H2/t13-/m0/s1. The van der Waals surface area contributed by atoms with Crippen LogP contribution >= 0.6 is 0 Å². The minimum Gasteiger partial charge on any atom is -0.347 e. The Bertz CT molecular complexity index is 341. The number of hydrogen-bond donors (Lipinski definition) is 0. The quantitative estimate of drug-likeness (QED) is 0.719. The van der Waals surface area contributed by atoms with Gasteiger partial charge in [0.15, 0.2) is 5.79 Å². The van der Waals surface area contributed by atoms with E-state index in [2.05, 4.69) is 24.3 Å². The molecular formula is C14H18O2. The van der Waals surface area contributed by atoms with Gasteiger partial charge in [0.1, 0.15) is 6.10 Å². The monoisotopic (exact) mass is 218 g/mol. The maximum Gasteiger partial charge on any atom is 0.169 e. The van der Waals surface area contributed by atoms with E-state index < -0.39 is 0 Å². The Balaban J connectivity index is 1.73. The Kier molecular flexibility index (Phi) is 2.70. The molecule has 0 unspecified atom stereocenters. The van der Waals surface area contributed by atoms with Crippen molar-refractivity contribution < 1.29 is 9.47 Å². The van der Waals surface area contributed by atoms with Gasteiger partial charge in [0.25, 0.3) is 0 Å². The van der Waals surface area contributed by atoms with Crippen molar-refractivity contribution in [2.24, 2.45) is 0 Å². The summed E-state index contributed by atoms with van der Waals surface area (Å²) in [5.41, 5.74) is 1.24. The first-order valence-electron chi connectivity index (χ1n) is 6.25. The number of rotatable bonds is 1. The summed E-state index contributed by atoms with van der Waals surface area (Å²) in [5, 5.41) is 0. The van der Waals surface area contributed by atoms with Crippen molar-refractivity contribution in [1.29, 1.82) is 0 Å². The highest BCUT2D eigenvalue weighted by atomic mass is 16.7. The van der Waals surface area contributed by atoms with Crippen molar-refractivity contribution in [3.05, 3.63) is 35.9 Å². The molecule has 16 heavy (non-hydrogen) atoms. The minimum absolute atomic E-state index is 0.138. The topological polar surface area (TPSA) is 18.5 Å². The van der Waals surface area contributed by atoms with Gasteiger partial charge in [0.2, 0.25) is 0 Å². The highest BCUT2D eigenvalue weighted by Crippen LogP contribution is 2.42. The predicted molar refractivity (Wildman–Crippen MR) is 62.0 cm³/mol. The average Bonchev–Trinajstić information content (AvgIpc) is 2.75. The molecule has 0 amide bonds. The van der Waals surface area contributed by atoms with Gasteiger partial charge in [-0.3, -0.25) is 0 Å². The van der Waals surface area contributed by atoms with Gasteiger partial charge in [-0.2, -0.15) is 0 Å². The summed E-state index contributed by atoms with van der Waals surface area (Å²) in [6.07, 6.45) is 6.07. The molecule has 1 heterocycles. The molecule has 1 aliphatic carbocycles. The fourth-order valence-electron chi connectivity index (χ4n) is 2.74. The van der Waals surface area contributed by atoms with Crippen molar-refractivity contribution in [1.82, 2.24) is 0 Å². The molecule has 1 saturated heterocycles. The fourth-order valence-corrected chi connectivity index (χ4v) is 2.74. The van der Waals surface area contributed by atoms with Gasteiger partial charge in [-0.15, -0.1) is 0 Å². The normalized spacial score (nSPS) is 28.4. The van der Waals surface area contributed by atoms with E-state index in [1.54, 1.807) is 0 Å². The van der Waals surface area contributed by atoms with E-state index in [4.69, 9.17) is 9.47 Å². The SMILES string of the molecule is c1ccc([C@@H]2COC3(CCCCC3)O2)cc1. The summed E-state index contributed by atoms with van der Waals surface area (Å²) >= 11 is 0. The molecule has 1 atom stereocenters. The van der Waals surface area contributed by atoms with E-state index in [0.717, 1.165) is 12.8 Å². The Morgan fingerprint density at radius 2 is 1.75 bits per heavy atom. The summed E-state index contributed by atoms with van der Waals surface area (Å²) in [6, 6.07) is 10.4. The van der Waals surface area contributed by atoms with Gasteiger partial charge in [-0.25, -0.2) is 0 Å². The van der Waals surface area contributed by atoms with E-state index in [9.17, 15) is 0 Å². The van der Waals surface area contributed by atoms with Crippen LogP contribution in [0.3, 0.4) is 0 Å². The second-order valence-corrected chi connectivity index (χ2v) is 4.80. The first kappa shape index (κ1) is 10.3. The largest absolute Gasteiger partial charge is 0.347 e. The van der Waals surface area contributed by atoms with E-state index in [1.807, 2.05) is 6.07 Å². The summed E-state index contributed by atoms with van der Waals surface area (Å²) in [5.74, 6) is -0.251. The van der Waals surface area contributed by atoms with Crippen LogP contribution in [0.25, 0.3) is 0 Å². The summed E-state index contributed by atoms with van der Waals surface area (Å²) in [6.45, 7) is 0.712. The van der Waals surface area contributed by atoms with Gasteiger partial charge in [-0.05, 0) is 18.4 Å². The van der Waals surface area contributed by atoms with Crippen LogP contribution in [0.4, 0.5) is 0 Å².